The molecule has 3 heteroatoms. The number of carbonyl (C=O) groups excluding carboxylic acids is 1. The number of carbonyl (C=O) groups is 1. The fraction of sp³-hybridized carbons (Fsp3) is 0.400. The molecule has 0 spiro atoms. The average Bonchev–Trinajstić information content (AvgIpc) is 2.39. The van der Waals surface area contributed by atoms with E-state index >= 15 is 0 Å². The minimum atomic E-state index is -0.572. The summed E-state index contributed by atoms with van der Waals surface area (Å²) in [6, 6.07) is 9.65. The molecule has 1 unspecified atom stereocenters. The van der Waals surface area contributed by atoms with Crippen molar-refractivity contribution < 1.29 is 4.79 Å². The quantitative estimate of drug-likeness (QED) is 0.769. The monoisotopic (exact) mass is 244 g/mol. The van der Waals surface area contributed by atoms with Gasteiger partial charge in [-0.25, -0.2) is 0 Å². The van der Waals surface area contributed by atoms with Crippen LogP contribution in [0.3, 0.4) is 0 Å². The molecule has 0 aliphatic heterocycles. The third kappa shape index (κ3) is 4.60. The molecule has 0 aromatic heterocycles. The summed E-state index contributed by atoms with van der Waals surface area (Å²) in [4.78, 5) is 13.4. The van der Waals surface area contributed by atoms with Crippen molar-refractivity contribution in [2.24, 2.45) is 5.73 Å². The predicted octanol–water partition coefficient (Wildman–Crippen LogP) is 1.43. The van der Waals surface area contributed by atoms with E-state index in [1.807, 2.05) is 18.2 Å². The molecule has 0 radical (unpaired) electrons. The van der Waals surface area contributed by atoms with Crippen molar-refractivity contribution in [3.05, 3.63) is 35.9 Å². The Morgan fingerprint density at radius 1 is 1.44 bits per heavy atom. The van der Waals surface area contributed by atoms with E-state index in [4.69, 9.17) is 12.2 Å². The molecule has 2 N–H and O–H groups in total. The summed E-state index contributed by atoms with van der Waals surface area (Å²) in [6.07, 6.45) is 7.32. The normalized spacial score (nSPS) is 11.6. The number of aryl methyl sites for hydroxylation is 1. The van der Waals surface area contributed by atoms with E-state index in [-0.39, 0.29) is 5.91 Å². The molecule has 0 saturated carbocycles. The van der Waals surface area contributed by atoms with Crippen molar-refractivity contribution in [3.63, 3.8) is 0 Å². The zero-order chi connectivity index (χ0) is 13.4. The van der Waals surface area contributed by atoms with Crippen LogP contribution in [0.1, 0.15) is 18.4 Å². The van der Waals surface area contributed by atoms with E-state index in [0.717, 1.165) is 12.8 Å². The Balaban J connectivity index is 2.31. The highest BCUT2D eigenvalue weighted by atomic mass is 16.2. The minimum absolute atomic E-state index is 0.0824. The van der Waals surface area contributed by atoms with Gasteiger partial charge in [0.2, 0.25) is 5.91 Å². The first-order valence-corrected chi connectivity index (χ1v) is 6.13. The van der Waals surface area contributed by atoms with Crippen LogP contribution in [-0.2, 0) is 11.2 Å². The van der Waals surface area contributed by atoms with Gasteiger partial charge in [-0.3, -0.25) is 4.79 Å². The number of amides is 1. The molecular weight excluding hydrogens is 224 g/mol. The lowest BCUT2D eigenvalue weighted by molar-refractivity contribution is -0.131. The molecule has 0 bridgehead atoms. The number of likely N-dealkylation sites (N-methyl/N-ethyl adjacent to an activating group) is 1. The molecular formula is C15H20N2O. The van der Waals surface area contributed by atoms with Gasteiger partial charge in [-0.2, -0.15) is 0 Å². The fourth-order valence-corrected chi connectivity index (χ4v) is 1.77. The predicted molar refractivity (Wildman–Crippen MR) is 73.8 cm³/mol. The fourth-order valence-electron chi connectivity index (χ4n) is 1.77. The molecule has 96 valence electrons. The van der Waals surface area contributed by atoms with Gasteiger partial charge in [-0.05, 0) is 18.4 Å². The molecule has 0 fully saturated rings. The standard InChI is InChI=1S/C15H20N2O/c1-3-8-14(16)15(18)17(2)12-7-11-13-9-5-4-6-10-13/h1,4-6,9-10,14H,7-8,11-12,16H2,2H3. The topological polar surface area (TPSA) is 46.3 Å². The number of rotatable bonds is 6. The van der Waals surface area contributed by atoms with Gasteiger partial charge in [0.25, 0.3) is 0 Å². The highest BCUT2D eigenvalue weighted by molar-refractivity contribution is 5.81. The van der Waals surface area contributed by atoms with Crippen LogP contribution in [-0.4, -0.2) is 30.4 Å². The van der Waals surface area contributed by atoms with Gasteiger partial charge in [0, 0.05) is 20.0 Å². The van der Waals surface area contributed by atoms with Gasteiger partial charge in [-0.1, -0.05) is 30.3 Å². The maximum atomic E-state index is 11.8. The Labute approximate surface area is 109 Å². The Morgan fingerprint density at radius 2 is 2.11 bits per heavy atom. The summed E-state index contributed by atoms with van der Waals surface area (Å²) in [5.74, 6) is 2.33. The minimum Gasteiger partial charge on any atom is -0.344 e. The molecule has 1 amide bonds. The van der Waals surface area contributed by atoms with Gasteiger partial charge in [-0.15, -0.1) is 12.3 Å². The molecule has 1 aromatic carbocycles. The number of hydrogen-bond donors (Lipinski definition) is 1. The summed E-state index contributed by atoms with van der Waals surface area (Å²) in [7, 11) is 1.77. The van der Waals surface area contributed by atoms with Crippen molar-refractivity contribution in [2.45, 2.75) is 25.3 Å². The smallest absolute Gasteiger partial charge is 0.240 e. The lowest BCUT2D eigenvalue weighted by atomic mass is 10.1. The van der Waals surface area contributed by atoms with Crippen LogP contribution in [0.4, 0.5) is 0 Å². The third-order valence-corrected chi connectivity index (χ3v) is 2.83. The first-order chi connectivity index (χ1) is 8.65. The van der Waals surface area contributed by atoms with Crippen LogP contribution in [0, 0.1) is 12.3 Å². The SMILES string of the molecule is C#CCC(N)C(=O)N(C)CCCc1ccccc1. The Morgan fingerprint density at radius 3 is 2.72 bits per heavy atom. The van der Waals surface area contributed by atoms with E-state index in [0.29, 0.717) is 13.0 Å². The van der Waals surface area contributed by atoms with Crippen molar-refractivity contribution >= 4 is 5.91 Å². The largest absolute Gasteiger partial charge is 0.344 e. The number of nitrogens with zero attached hydrogens (tertiary/aromatic N) is 1. The van der Waals surface area contributed by atoms with Gasteiger partial charge in [0.15, 0.2) is 0 Å². The van der Waals surface area contributed by atoms with Crippen LogP contribution >= 0.6 is 0 Å². The van der Waals surface area contributed by atoms with Crippen molar-refractivity contribution in [1.29, 1.82) is 0 Å². The zero-order valence-electron chi connectivity index (χ0n) is 10.8. The summed E-state index contributed by atoms with van der Waals surface area (Å²) in [6.45, 7) is 0.700. The lowest BCUT2D eigenvalue weighted by Crippen LogP contribution is -2.41. The Bertz CT molecular complexity index is 408. The van der Waals surface area contributed by atoms with E-state index in [2.05, 4.69) is 18.1 Å². The summed E-state index contributed by atoms with van der Waals surface area (Å²) >= 11 is 0. The average molecular weight is 244 g/mol. The van der Waals surface area contributed by atoms with Gasteiger partial charge in [0.05, 0.1) is 6.04 Å². The molecule has 1 atom stereocenters. The Hall–Kier alpha value is -1.79. The number of hydrogen-bond acceptors (Lipinski definition) is 2. The number of terminal acetylenes is 1. The van der Waals surface area contributed by atoms with Crippen LogP contribution in [0.2, 0.25) is 0 Å². The van der Waals surface area contributed by atoms with E-state index in [9.17, 15) is 4.79 Å². The maximum absolute atomic E-state index is 11.8. The van der Waals surface area contributed by atoms with Gasteiger partial charge in [0.1, 0.15) is 0 Å². The van der Waals surface area contributed by atoms with E-state index < -0.39 is 6.04 Å². The zero-order valence-corrected chi connectivity index (χ0v) is 10.8. The number of nitrogens with two attached hydrogens (primary N) is 1. The summed E-state index contributed by atoms with van der Waals surface area (Å²) < 4.78 is 0. The van der Waals surface area contributed by atoms with Crippen LogP contribution in [0.15, 0.2) is 30.3 Å². The lowest BCUT2D eigenvalue weighted by Gasteiger charge is -2.20. The van der Waals surface area contributed by atoms with Crippen molar-refractivity contribution in [3.8, 4) is 12.3 Å². The molecule has 1 aromatic rings. The van der Waals surface area contributed by atoms with Crippen LogP contribution < -0.4 is 5.73 Å². The van der Waals surface area contributed by atoms with Gasteiger partial charge < -0.3 is 10.6 Å². The molecule has 0 aliphatic carbocycles. The highest BCUT2D eigenvalue weighted by Crippen LogP contribution is 2.04. The molecule has 18 heavy (non-hydrogen) atoms. The third-order valence-electron chi connectivity index (χ3n) is 2.83. The molecule has 0 heterocycles. The van der Waals surface area contributed by atoms with Crippen LogP contribution in [0.25, 0.3) is 0 Å². The summed E-state index contributed by atoms with van der Waals surface area (Å²) in [5.41, 5.74) is 6.96. The second-order valence-corrected chi connectivity index (χ2v) is 4.36. The number of benzene rings is 1. The Kier molecular flexibility index (Phi) is 5.96. The van der Waals surface area contributed by atoms with Gasteiger partial charge >= 0.3 is 0 Å². The molecule has 3 nitrogen and oxygen atoms in total. The molecule has 1 rings (SSSR count). The first-order valence-electron chi connectivity index (χ1n) is 6.13. The maximum Gasteiger partial charge on any atom is 0.240 e. The molecule has 0 aliphatic rings. The highest BCUT2D eigenvalue weighted by Gasteiger charge is 2.16. The van der Waals surface area contributed by atoms with E-state index in [1.54, 1.807) is 11.9 Å². The second-order valence-electron chi connectivity index (χ2n) is 4.36. The van der Waals surface area contributed by atoms with Crippen molar-refractivity contribution in [2.75, 3.05) is 13.6 Å². The molecule has 0 saturated heterocycles. The van der Waals surface area contributed by atoms with E-state index in [1.165, 1.54) is 5.56 Å². The van der Waals surface area contributed by atoms with Crippen LogP contribution in [0.5, 0.6) is 0 Å². The first kappa shape index (κ1) is 14.3. The second kappa shape index (κ2) is 7.52. The van der Waals surface area contributed by atoms with Crippen molar-refractivity contribution in [1.82, 2.24) is 4.90 Å². The summed E-state index contributed by atoms with van der Waals surface area (Å²) in [5, 5.41) is 0.